The lowest BCUT2D eigenvalue weighted by molar-refractivity contribution is 0.0841. The Morgan fingerprint density at radius 3 is 2.57 bits per heavy atom. The van der Waals surface area contributed by atoms with Crippen LogP contribution in [0.25, 0.3) is 0 Å². The number of amides is 2. The summed E-state index contributed by atoms with van der Waals surface area (Å²) in [5.74, 6) is -0.982. The van der Waals surface area contributed by atoms with Crippen LogP contribution in [0.3, 0.4) is 0 Å². The number of H-pyrrole nitrogens is 1. The molecule has 0 radical (unpaired) electrons. The molecule has 23 heavy (non-hydrogen) atoms. The standard InChI is InChI=1S/C15H14N6O2/c22-14(12-7-4-8-16-12)18-19-15(23)13-10-21(20-17-13)9-11-5-2-1-3-6-11/h1-8,10,16H,9H2,(H,18,22)(H,19,23). The summed E-state index contributed by atoms with van der Waals surface area (Å²) in [5, 5.41) is 7.69. The molecule has 0 fully saturated rings. The molecule has 0 spiro atoms. The predicted octanol–water partition coefficient (Wildman–Crippen LogP) is 0.729. The fraction of sp³-hybridized carbons (Fsp3) is 0.0667. The Morgan fingerprint density at radius 2 is 1.83 bits per heavy atom. The molecular weight excluding hydrogens is 296 g/mol. The summed E-state index contributed by atoms with van der Waals surface area (Å²) in [6.45, 7) is 0.510. The van der Waals surface area contributed by atoms with Gasteiger partial charge in [0.05, 0.1) is 12.7 Å². The zero-order valence-electron chi connectivity index (χ0n) is 12.1. The second-order valence-corrected chi connectivity index (χ2v) is 4.78. The molecule has 3 rings (SSSR count). The third-order valence-corrected chi connectivity index (χ3v) is 3.09. The van der Waals surface area contributed by atoms with Gasteiger partial charge in [0.1, 0.15) is 5.69 Å². The zero-order chi connectivity index (χ0) is 16.1. The van der Waals surface area contributed by atoms with Gasteiger partial charge in [-0.2, -0.15) is 0 Å². The highest BCUT2D eigenvalue weighted by Gasteiger charge is 2.13. The smallest absolute Gasteiger partial charge is 0.291 e. The molecule has 0 saturated heterocycles. The molecule has 3 aromatic rings. The van der Waals surface area contributed by atoms with Gasteiger partial charge in [0.25, 0.3) is 11.8 Å². The summed E-state index contributed by atoms with van der Waals surface area (Å²) in [7, 11) is 0. The second kappa shape index (κ2) is 6.56. The first-order valence-corrected chi connectivity index (χ1v) is 6.90. The van der Waals surface area contributed by atoms with Crippen molar-refractivity contribution >= 4 is 11.8 Å². The first-order valence-electron chi connectivity index (χ1n) is 6.90. The average molecular weight is 310 g/mol. The molecule has 8 heteroatoms. The van der Waals surface area contributed by atoms with Gasteiger partial charge in [-0.15, -0.1) is 5.10 Å². The van der Waals surface area contributed by atoms with Crippen molar-refractivity contribution in [1.29, 1.82) is 0 Å². The highest BCUT2D eigenvalue weighted by molar-refractivity contribution is 5.97. The fourth-order valence-corrected chi connectivity index (χ4v) is 1.97. The Hall–Kier alpha value is -3.42. The molecule has 0 saturated carbocycles. The SMILES string of the molecule is O=C(NNC(=O)c1ccc[nH]1)c1cn(Cc2ccccc2)nn1. The summed E-state index contributed by atoms with van der Waals surface area (Å²) in [5.41, 5.74) is 6.09. The van der Waals surface area contributed by atoms with Crippen LogP contribution in [0.4, 0.5) is 0 Å². The third kappa shape index (κ3) is 3.62. The molecule has 0 aliphatic heterocycles. The maximum Gasteiger partial charge on any atom is 0.291 e. The summed E-state index contributed by atoms with van der Waals surface area (Å²) in [4.78, 5) is 26.4. The van der Waals surface area contributed by atoms with Gasteiger partial charge in [-0.05, 0) is 17.7 Å². The lowest BCUT2D eigenvalue weighted by Gasteiger charge is -2.03. The van der Waals surface area contributed by atoms with Gasteiger partial charge < -0.3 is 4.98 Å². The summed E-state index contributed by atoms with van der Waals surface area (Å²) in [6.07, 6.45) is 3.13. The number of carbonyl (C=O) groups is 2. The summed E-state index contributed by atoms with van der Waals surface area (Å²) < 4.78 is 1.55. The maximum absolute atomic E-state index is 11.9. The summed E-state index contributed by atoms with van der Waals surface area (Å²) in [6, 6.07) is 13.0. The van der Waals surface area contributed by atoms with Crippen molar-refractivity contribution in [3.05, 3.63) is 71.8 Å². The quantitative estimate of drug-likeness (QED) is 0.618. The molecule has 0 unspecified atom stereocenters. The highest BCUT2D eigenvalue weighted by atomic mass is 16.2. The van der Waals surface area contributed by atoms with Gasteiger partial charge in [-0.25, -0.2) is 4.68 Å². The van der Waals surface area contributed by atoms with E-state index >= 15 is 0 Å². The Morgan fingerprint density at radius 1 is 1.04 bits per heavy atom. The van der Waals surface area contributed by atoms with Gasteiger partial charge in [0, 0.05) is 6.20 Å². The van der Waals surface area contributed by atoms with Crippen LogP contribution in [0.2, 0.25) is 0 Å². The van der Waals surface area contributed by atoms with E-state index in [0.717, 1.165) is 5.56 Å². The topological polar surface area (TPSA) is 105 Å². The van der Waals surface area contributed by atoms with Crippen LogP contribution in [-0.2, 0) is 6.54 Å². The number of carbonyl (C=O) groups excluding carboxylic acids is 2. The number of hydrazine groups is 1. The number of rotatable bonds is 4. The molecule has 0 bridgehead atoms. The van der Waals surface area contributed by atoms with Crippen LogP contribution >= 0.6 is 0 Å². The minimum Gasteiger partial charge on any atom is -0.357 e. The molecule has 2 heterocycles. The molecule has 2 amide bonds. The normalized spacial score (nSPS) is 10.3. The van der Waals surface area contributed by atoms with Crippen molar-refractivity contribution in [2.24, 2.45) is 0 Å². The van der Waals surface area contributed by atoms with Crippen molar-refractivity contribution in [3.63, 3.8) is 0 Å². The number of aromatic nitrogens is 4. The molecule has 1 aromatic carbocycles. The van der Waals surface area contributed by atoms with Crippen molar-refractivity contribution in [3.8, 4) is 0 Å². The molecule has 2 aromatic heterocycles. The van der Waals surface area contributed by atoms with Crippen molar-refractivity contribution < 1.29 is 9.59 Å². The minimum absolute atomic E-state index is 0.118. The molecule has 116 valence electrons. The van der Waals surface area contributed by atoms with Crippen LogP contribution in [0.5, 0.6) is 0 Å². The average Bonchev–Trinajstić information content (AvgIpc) is 3.25. The Bertz CT molecular complexity index is 795. The van der Waals surface area contributed by atoms with E-state index < -0.39 is 11.8 Å². The zero-order valence-corrected chi connectivity index (χ0v) is 12.1. The highest BCUT2D eigenvalue weighted by Crippen LogP contribution is 2.02. The number of nitrogens with zero attached hydrogens (tertiary/aromatic N) is 3. The fourth-order valence-electron chi connectivity index (χ4n) is 1.97. The van der Waals surface area contributed by atoms with E-state index in [1.807, 2.05) is 30.3 Å². The predicted molar refractivity (Wildman–Crippen MR) is 81.3 cm³/mol. The van der Waals surface area contributed by atoms with Gasteiger partial charge in [0.15, 0.2) is 5.69 Å². The minimum atomic E-state index is -0.538. The number of benzene rings is 1. The van der Waals surface area contributed by atoms with E-state index in [4.69, 9.17) is 0 Å². The molecule has 0 atom stereocenters. The van der Waals surface area contributed by atoms with Gasteiger partial charge in [0.2, 0.25) is 0 Å². The molecule has 0 aliphatic rings. The maximum atomic E-state index is 11.9. The van der Waals surface area contributed by atoms with E-state index in [-0.39, 0.29) is 5.69 Å². The molecule has 0 aliphatic carbocycles. The molecule has 8 nitrogen and oxygen atoms in total. The largest absolute Gasteiger partial charge is 0.357 e. The number of hydrogen-bond acceptors (Lipinski definition) is 4. The van der Waals surface area contributed by atoms with E-state index in [1.165, 1.54) is 6.20 Å². The first-order chi connectivity index (χ1) is 11.2. The first kappa shape index (κ1) is 14.5. The van der Waals surface area contributed by atoms with Gasteiger partial charge in [-0.3, -0.25) is 20.4 Å². The van der Waals surface area contributed by atoms with E-state index in [9.17, 15) is 9.59 Å². The van der Waals surface area contributed by atoms with Crippen LogP contribution in [0.1, 0.15) is 26.5 Å². The van der Waals surface area contributed by atoms with Crippen LogP contribution in [-0.4, -0.2) is 31.8 Å². The Kier molecular flexibility index (Phi) is 4.14. The third-order valence-electron chi connectivity index (χ3n) is 3.09. The number of nitrogens with one attached hydrogen (secondary N) is 3. The van der Waals surface area contributed by atoms with Crippen molar-refractivity contribution in [1.82, 2.24) is 30.8 Å². The lowest BCUT2D eigenvalue weighted by Crippen LogP contribution is -2.41. The second-order valence-electron chi connectivity index (χ2n) is 4.78. The van der Waals surface area contributed by atoms with Gasteiger partial charge >= 0.3 is 0 Å². The molecule has 3 N–H and O–H groups in total. The van der Waals surface area contributed by atoms with Gasteiger partial charge in [-0.1, -0.05) is 35.5 Å². The van der Waals surface area contributed by atoms with Crippen molar-refractivity contribution in [2.45, 2.75) is 6.54 Å². The van der Waals surface area contributed by atoms with E-state index in [0.29, 0.717) is 12.2 Å². The van der Waals surface area contributed by atoms with E-state index in [1.54, 1.807) is 23.0 Å². The van der Waals surface area contributed by atoms with Crippen molar-refractivity contribution in [2.75, 3.05) is 0 Å². The molecular formula is C15H14N6O2. The van der Waals surface area contributed by atoms with Crippen LogP contribution in [0.15, 0.2) is 54.9 Å². The van der Waals surface area contributed by atoms with Crippen LogP contribution < -0.4 is 10.9 Å². The summed E-state index contributed by atoms with van der Waals surface area (Å²) >= 11 is 0. The lowest BCUT2D eigenvalue weighted by atomic mass is 10.2. The number of aromatic amines is 1. The van der Waals surface area contributed by atoms with E-state index in [2.05, 4.69) is 26.1 Å². The monoisotopic (exact) mass is 310 g/mol. The Balaban J connectivity index is 1.57. The van der Waals surface area contributed by atoms with Crippen LogP contribution in [0, 0.1) is 0 Å². The number of hydrogen-bond donors (Lipinski definition) is 3. The Labute approximate surface area is 131 Å².